The minimum absolute atomic E-state index is 0.0365. The molecule has 3 atom stereocenters. The Morgan fingerprint density at radius 1 is 1.50 bits per heavy atom. The molecule has 0 saturated carbocycles. The van der Waals surface area contributed by atoms with Crippen molar-refractivity contribution in [3.05, 3.63) is 35.9 Å². The monoisotopic (exact) mass is 251 g/mol. The van der Waals surface area contributed by atoms with Crippen molar-refractivity contribution >= 4 is 6.09 Å². The quantitative estimate of drug-likeness (QED) is 0.613. The molecule has 0 aromatic heterocycles. The van der Waals surface area contributed by atoms with Crippen LogP contribution in [0.5, 0.6) is 0 Å². The van der Waals surface area contributed by atoms with Crippen molar-refractivity contribution in [3.63, 3.8) is 0 Å². The first-order valence-electron chi connectivity index (χ1n) is 6.01. The second-order valence-electron chi connectivity index (χ2n) is 4.20. The van der Waals surface area contributed by atoms with E-state index in [0.29, 0.717) is 0 Å². The largest absolute Gasteiger partial charge is 0.445 e. The summed E-state index contributed by atoms with van der Waals surface area (Å²) < 4.78 is 10.2. The van der Waals surface area contributed by atoms with E-state index in [1.165, 1.54) is 0 Å². The highest BCUT2D eigenvalue weighted by atomic mass is 16.6. The number of benzene rings is 1. The number of alkyl carbamates (subject to hydrolysis) is 1. The topological polar surface area (TPSA) is 71.1 Å². The summed E-state index contributed by atoms with van der Waals surface area (Å²) in [6, 6.07) is 9.36. The number of aliphatic hydroxyl groups excluding tert-OH is 1. The molecule has 1 aliphatic rings. The Morgan fingerprint density at radius 3 is 2.83 bits per heavy atom. The molecule has 0 aliphatic carbocycles. The predicted octanol–water partition coefficient (Wildman–Crippen LogP) is 1.41. The standard InChI is InChI=1S/C13H17NO4/c1-2-10-11(18-10)12(15)14-13(16)17-8-9-6-4-3-5-7-9/h3-7,10-12,15H,2,8H2,1H3,(H,14,16). The van der Waals surface area contributed by atoms with E-state index in [2.05, 4.69) is 5.32 Å². The average Bonchev–Trinajstić information content (AvgIpc) is 3.17. The van der Waals surface area contributed by atoms with Crippen LogP contribution in [0.3, 0.4) is 0 Å². The zero-order chi connectivity index (χ0) is 13.0. The lowest BCUT2D eigenvalue weighted by Gasteiger charge is -2.11. The van der Waals surface area contributed by atoms with E-state index >= 15 is 0 Å². The SMILES string of the molecule is CCC1OC1C(O)NC(=O)OCc1ccccc1. The lowest BCUT2D eigenvalue weighted by Crippen LogP contribution is -2.39. The first-order chi connectivity index (χ1) is 8.70. The van der Waals surface area contributed by atoms with E-state index in [-0.39, 0.29) is 18.8 Å². The maximum Gasteiger partial charge on any atom is 0.409 e. The fourth-order valence-electron chi connectivity index (χ4n) is 1.73. The molecule has 1 amide bonds. The van der Waals surface area contributed by atoms with Crippen LogP contribution in [0.15, 0.2) is 30.3 Å². The highest BCUT2D eigenvalue weighted by molar-refractivity contribution is 5.67. The highest BCUT2D eigenvalue weighted by Crippen LogP contribution is 2.27. The Labute approximate surface area is 106 Å². The number of hydrogen-bond acceptors (Lipinski definition) is 4. The molecule has 1 fully saturated rings. The molecular weight excluding hydrogens is 234 g/mol. The lowest BCUT2D eigenvalue weighted by atomic mass is 10.2. The van der Waals surface area contributed by atoms with Gasteiger partial charge in [-0.15, -0.1) is 0 Å². The van der Waals surface area contributed by atoms with E-state index in [9.17, 15) is 9.90 Å². The third kappa shape index (κ3) is 3.45. The molecule has 98 valence electrons. The maximum atomic E-state index is 11.4. The van der Waals surface area contributed by atoms with Crippen LogP contribution in [-0.2, 0) is 16.1 Å². The maximum absolute atomic E-state index is 11.4. The van der Waals surface area contributed by atoms with Gasteiger partial charge in [-0.3, -0.25) is 5.32 Å². The van der Waals surface area contributed by atoms with Crippen LogP contribution in [0.1, 0.15) is 18.9 Å². The number of nitrogens with one attached hydrogen (secondary N) is 1. The van der Waals surface area contributed by atoms with Crippen LogP contribution in [0.4, 0.5) is 4.79 Å². The summed E-state index contributed by atoms with van der Waals surface area (Å²) in [4.78, 5) is 11.4. The molecule has 1 heterocycles. The third-order valence-electron chi connectivity index (χ3n) is 2.81. The Morgan fingerprint density at radius 2 is 2.22 bits per heavy atom. The minimum atomic E-state index is -1.00. The summed E-state index contributed by atoms with van der Waals surface area (Å²) in [5.74, 6) is 0. The van der Waals surface area contributed by atoms with Crippen LogP contribution in [0.25, 0.3) is 0 Å². The van der Waals surface area contributed by atoms with Crippen LogP contribution < -0.4 is 5.32 Å². The lowest BCUT2D eigenvalue weighted by molar-refractivity contribution is 0.0778. The van der Waals surface area contributed by atoms with Gasteiger partial charge in [-0.2, -0.15) is 0 Å². The fourth-order valence-corrected chi connectivity index (χ4v) is 1.73. The first-order valence-corrected chi connectivity index (χ1v) is 6.01. The van der Waals surface area contributed by atoms with Gasteiger partial charge < -0.3 is 14.6 Å². The summed E-state index contributed by atoms with van der Waals surface area (Å²) in [6.07, 6.45) is -1.09. The molecule has 1 aromatic carbocycles. The van der Waals surface area contributed by atoms with Crippen molar-refractivity contribution < 1.29 is 19.4 Å². The van der Waals surface area contributed by atoms with E-state index in [1.807, 2.05) is 37.3 Å². The number of amides is 1. The van der Waals surface area contributed by atoms with Crippen LogP contribution in [-0.4, -0.2) is 29.6 Å². The van der Waals surface area contributed by atoms with Crippen molar-refractivity contribution in [2.45, 2.75) is 38.4 Å². The van der Waals surface area contributed by atoms with E-state index in [0.717, 1.165) is 12.0 Å². The number of epoxide rings is 1. The molecule has 0 bridgehead atoms. The molecule has 1 saturated heterocycles. The predicted molar refractivity (Wildman–Crippen MR) is 64.7 cm³/mol. The normalized spacial score (nSPS) is 23.2. The van der Waals surface area contributed by atoms with Gasteiger partial charge >= 0.3 is 6.09 Å². The van der Waals surface area contributed by atoms with E-state index < -0.39 is 12.3 Å². The van der Waals surface area contributed by atoms with Gasteiger partial charge in [0.2, 0.25) is 0 Å². The molecule has 18 heavy (non-hydrogen) atoms. The Bertz CT molecular complexity index is 395. The van der Waals surface area contributed by atoms with Gasteiger partial charge in [0.05, 0.1) is 6.10 Å². The molecule has 1 aliphatic heterocycles. The molecule has 1 aromatic rings. The number of carbonyl (C=O) groups is 1. The molecule has 5 heteroatoms. The molecule has 2 N–H and O–H groups in total. The van der Waals surface area contributed by atoms with Crippen LogP contribution in [0.2, 0.25) is 0 Å². The number of aliphatic hydroxyl groups is 1. The number of ether oxygens (including phenoxy) is 2. The molecule has 3 unspecified atom stereocenters. The summed E-state index contributed by atoms with van der Waals surface area (Å²) in [5.41, 5.74) is 0.899. The smallest absolute Gasteiger partial charge is 0.409 e. The summed E-state index contributed by atoms with van der Waals surface area (Å²) in [6.45, 7) is 2.15. The van der Waals surface area contributed by atoms with Crippen LogP contribution in [0, 0.1) is 0 Å². The van der Waals surface area contributed by atoms with Crippen molar-refractivity contribution in [1.29, 1.82) is 0 Å². The molecular formula is C13H17NO4. The summed E-state index contributed by atoms with van der Waals surface area (Å²) in [7, 11) is 0. The first kappa shape index (κ1) is 12.9. The third-order valence-corrected chi connectivity index (χ3v) is 2.81. The Kier molecular flexibility index (Phi) is 4.17. The van der Waals surface area contributed by atoms with E-state index in [1.54, 1.807) is 0 Å². The van der Waals surface area contributed by atoms with Crippen LogP contribution >= 0.6 is 0 Å². The van der Waals surface area contributed by atoms with Crippen molar-refractivity contribution in [2.75, 3.05) is 0 Å². The van der Waals surface area contributed by atoms with Gasteiger partial charge in [0.1, 0.15) is 12.7 Å². The van der Waals surface area contributed by atoms with Crippen molar-refractivity contribution in [3.8, 4) is 0 Å². The number of carbonyl (C=O) groups excluding carboxylic acids is 1. The van der Waals surface area contributed by atoms with Gasteiger partial charge in [0.15, 0.2) is 6.23 Å². The zero-order valence-electron chi connectivity index (χ0n) is 10.2. The number of rotatable bonds is 5. The van der Waals surface area contributed by atoms with Gasteiger partial charge in [-0.05, 0) is 12.0 Å². The van der Waals surface area contributed by atoms with Gasteiger partial charge in [0.25, 0.3) is 0 Å². The second kappa shape index (κ2) is 5.84. The van der Waals surface area contributed by atoms with Gasteiger partial charge in [-0.25, -0.2) is 4.79 Å². The Hall–Kier alpha value is -1.59. The molecule has 0 spiro atoms. The zero-order valence-corrected chi connectivity index (χ0v) is 10.2. The Balaban J connectivity index is 1.69. The second-order valence-corrected chi connectivity index (χ2v) is 4.20. The molecule has 5 nitrogen and oxygen atoms in total. The van der Waals surface area contributed by atoms with Crippen molar-refractivity contribution in [1.82, 2.24) is 5.32 Å². The van der Waals surface area contributed by atoms with Gasteiger partial charge in [-0.1, -0.05) is 37.3 Å². The summed E-state index contributed by atoms with van der Waals surface area (Å²) in [5, 5.41) is 12.0. The van der Waals surface area contributed by atoms with Crippen molar-refractivity contribution in [2.24, 2.45) is 0 Å². The molecule has 2 rings (SSSR count). The van der Waals surface area contributed by atoms with E-state index in [4.69, 9.17) is 9.47 Å². The van der Waals surface area contributed by atoms with Gasteiger partial charge in [0, 0.05) is 0 Å². The average molecular weight is 251 g/mol. The summed E-state index contributed by atoms with van der Waals surface area (Å²) >= 11 is 0. The highest BCUT2D eigenvalue weighted by Gasteiger charge is 2.43. The minimum Gasteiger partial charge on any atom is -0.445 e. The fraction of sp³-hybridized carbons (Fsp3) is 0.462. The number of hydrogen-bond donors (Lipinski definition) is 2. The molecule has 0 radical (unpaired) electrons.